The quantitative estimate of drug-likeness (QED) is 0.166. The molecule has 2 atom stereocenters. The predicted molar refractivity (Wildman–Crippen MR) is 240 cm³/mol. The third-order valence-corrected chi connectivity index (χ3v) is 11.8. The number of allylic oxidation sites excluding steroid dienone is 5. The van der Waals surface area contributed by atoms with Gasteiger partial charge in [-0.15, -0.1) is 0 Å². The highest BCUT2D eigenvalue weighted by Crippen LogP contribution is 2.50. The number of hydrogen-bond acceptors (Lipinski definition) is 1. The average molecular weight is 727 g/mol. The lowest BCUT2D eigenvalue weighted by Gasteiger charge is -2.30. The Morgan fingerprint density at radius 3 is 1.40 bits per heavy atom. The minimum atomic E-state index is 0.198. The van der Waals surface area contributed by atoms with Crippen molar-refractivity contribution >= 4 is 33.4 Å². The fourth-order valence-electron chi connectivity index (χ4n) is 8.96. The van der Waals surface area contributed by atoms with Gasteiger partial charge in [0.1, 0.15) is 11.3 Å². The Labute approximate surface area is 333 Å². The van der Waals surface area contributed by atoms with E-state index < -0.39 is 0 Å². The molecule has 1 heteroatoms. The van der Waals surface area contributed by atoms with Gasteiger partial charge in [-0.05, 0) is 132 Å². The van der Waals surface area contributed by atoms with E-state index in [1.54, 1.807) is 0 Å². The van der Waals surface area contributed by atoms with Gasteiger partial charge in [0.25, 0.3) is 0 Å². The van der Waals surface area contributed by atoms with Crippen LogP contribution in [0.5, 0.6) is 0 Å². The largest absolute Gasteiger partial charge is 0.456 e. The van der Waals surface area contributed by atoms with Crippen molar-refractivity contribution in [1.82, 2.24) is 0 Å². The second-order valence-corrected chi connectivity index (χ2v) is 15.3. The number of benzene rings is 8. The van der Waals surface area contributed by atoms with E-state index in [9.17, 15) is 0 Å². The average Bonchev–Trinajstić information content (AvgIpc) is 3.67. The minimum Gasteiger partial charge on any atom is -0.456 e. The number of fused-ring (bicyclic) bond motifs is 6. The lowest BCUT2D eigenvalue weighted by molar-refractivity contribution is 0.581. The van der Waals surface area contributed by atoms with Crippen molar-refractivity contribution in [2.45, 2.75) is 5.92 Å². The SMILES string of the molecule is C1=CC2C(c3ccccc3)=Cc3oc4ccc(-c5cc(-c6cccc(-c7ccccc7)c6)cc(-c6ccc7cc(-c8ccccc8)ccc7c6)c5)cc4c3C2C=C1. The van der Waals surface area contributed by atoms with Crippen molar-refractivity contribution in [1.29, 1.82) is 0 Å². The fourth-order valence-corrected chi connectivity index (χ4v) is 8.96. The summed E-state index contributed by atoms with van der Waals surface area (Å²) in [5.41, 5.74) is 16.7. The standard InChI is InChI=1S/C56H38O/c1-4-13-37(14-5-1)40-19-12-20-41(29-40)47-32-48(45-26-25-43-30-42(23-24-44(43)31-45)38-15-6-2-7-16-38)34-49(33-47)46-27-28-54-53(35-46)56-51-22-11-10-21-50(51)52(36-55(56)57-54)39-17-8-3-9-18-39/h1-36,50-51H. The Bertz CT molecular complexity index is 3050. The van der Waals surface area contributed by atoms with Gasteiger partial charge in [-0.3, -0.25) is 0 Å². The van der Waals surface area contributed by atoms with Crippen LogP contribution >= 0.6 is 0 Å². The van der Waals surface area contributed by atoms with Crippen molar-refractivity contribution in [3.8, 4) is 55.6 Å². The molecule has 8 aromatic carbocycles. The highest BCUT2D eigenvalue weighted by atomic mass is 16.3. The van der Waals surface area contributed by atoms with Gasteiger partial charge in [0, 0.05) is 22.8 Å². The summed E-state index contributed by atoms with van der Waals surface area (Å²) in [5, 5.41) is 3.64. The number of rotatable bonds is 6. The smallest absolute Gasteiger partial charge is 0.135 e. The van der Waals surface area contributed by atoms with E-state index in [2.05, 4.69) is 218 Å². The molecule has 0 N–H and O–H groups in total. The second kappa shape index (κ2) is 13.8. The Hall–Kier alpha value is -7.22. The Morgan fingerprint density at radius 2 is 0.789 bits per heavy atom. The molecule has 0 amide bonds. The van der Waals surface area contributed by atoms with E-state index in [0.29, 0.717) is 0 Å². The molecule has 57 heavy (non-hydrogen) atoms. The Morgan fingerprint density at radius 1 is 0.333 bits per heavy atom. The summed E-state index contributed by atoms with van der Waals surface area (Å²) in [6.45, 7) is 0. The van der Waals surface area contributed by atoms with Gasteiger partial charge >= 0.3 is 0 Å². The van der Waals surface area contributed by atoms with Gasteiger partial charge in [0.2, 0.25) is 0 Å². The molecule has 0 radical (unpaired) electrons. The van der Waals surface area contributed by atoms with Crippen LogP contribution in [0, 0.1) is 5.92 Å². The molecule has 0 saturated carbocycles. The first kappa shape index (κ1) is 33.1. The zero-order valence-corrected chi connectivity index (χ0v) is 31.3. The van der Waals surface area contributed by atoms with E-state index in [4.69, 9.17) is 4.42 Å². The molecule has 1 heterocycles. The zero-order valence-electron chi connectivity index (χ0n) is 31.3. The van der Waals surface area contributed by atoms with E-state index in [-0.39, 0.29) is 11.8 Å². The summed E-state index contributed by atoms with van der Waals surface area (Å²) in [6.07, 6.45) is 11.3. The molecule has 0 spiro atoms. The molecule has 2 aliphatic carbocycles. The molecule has 2 unspecified atom stereocenters. The first-order valence-corrected chi connectivity index (χ1v) is 19.8. The summed E-state index contributed by atoms with van der Waals surface area (Å²) in [5.74, 6) is 1.41. The first-order chi connectivity index (χ1) is 28.2. The van der Waals surface area contributed by atoms with Crippen molar-refractivity contribution in [2.75, 3.05) is 0 Å². The van der Waals surface area contributed by atoms with Crippen molar-refractivity contribution in [2.24, 2.45) is 5.92 Å². The summed E-state index contributed by atoms with van der Waals surface area (Å²) < 4.78 is 6.67. The van der Waals surface area contributed by atoms with Gasteiger partial charge in [0.05, 0.1) is 0 Å². The van der Waals surface area contributed by atoms with Crippen LogP contribution in [0.4, 0.5) is 0 Å². The molecule has 2 aliphatic rings. The summed E-state index contributed by atoms with van der Waals surface area (Å²) in [7, 11) is 0. The monoisotopic (exact) mass is 726 g/mol. The van der Waals surface area contributed by atoms with Crippen LogP contribution in [-0.4, -0.2) is 0 Å². The van der Waals surface area contributed by atoms with Crippen LogP contribution in [-0.2, 0) is 0 Å². The number of hydrogen-bond donors (Lipinski definition) is 0. The summed E-state index contributed by atoms with van der Waals surface area (Å²) in [6, 6.07) is 68.4. The molecule has 0 fully saturated rings. The lowest BCUT2D eigenvalue weighted by atomic mass is 9.72. The van der Waals surface area contributed by atoms with Crippen molar-refractivity contribution in [3.63, 3.8) is 0 Å². The van der Waals surface area contributed by atoms with E-state index in [1.165, 1.54) is 88.5 Å². The highest BCUT2D eigenvalue weighted by molar-refractivity contribution is 5.97. The second-order valence-electron chi connectivity index (χ2n) is 15.3. The third kappa shape index (κ3) is 6.05. The van der Waals surface area contributed by atoms with Gasteiger partial charge in [0.15, 0.2) is 0 Å². The normalized spacial score (nSPS) is 15.7. The van der Waals surface area contributed by atoms with Crippen molar-refractivity contribution in [3.05, 3.63) is 229 Å². The molecule has 1 nitrogen and oxygen atoms in total. The molecule has 0 saturated heterocycles. The molecule has 1 aromatic heterocycles. The lowest BCUT2D eigenvalue weighted by Crippen LogP contribution is -2.17. The molecular weight excluding hydrogens is 689 g/mol. The van der Waals surface area contributed by atoms with Gasteiger partial charge in [-0.2, -0.15) is 0 Å². The third-order valence-electron chi connectivity index (χ3n) is 11.8. The molecular formula is C56H38O. The molecule has 0 bridgehead atoms. The maximum Gasteiger partial charge on any atom is 0.135 e. The van der Waals surface area contributed by atoms with E-state index >= 15 is 0 Å². The van der Waals surface area contributed by atoms with E-state index in [0.717, 1.165) is 11.3 Å². The van der Waals surface area contributed by atoms with Crippen LogP contribution in [0.25, 0.3) is 89.0 Å². The molecule has 11 rings (SSSR count). The molecule has 9 aromatic rings. The maximum absolute atomic E-state index is 6.67. The van der Waals surface area contributed by atoms with E-state index in [1.807, 2.05) is 0 Å². The van der Waals surface area contributed by atoms with Gasteiger partial charge in [-0.25, -0.2) is 0 Å². The minimum absolute atomic E-state index is 0.198. The van der Waals surface area contributed by atoms with Crippen LogP contribution < -0.4 is 0 Å². The van der Waals surface area contributed by atoms with Crippen molar-refractivity contribution < 1.29 is 4.42 Å². The Balaban J connectivity index is 1.06. The van der Waals surface area contributed by atoms with Crippen LogP contribution in [0.15, 0.2) is 217 Å². The first-order valence-electron chi connectivity index (χ1n) is 19.8. The molecule has 268 valence electrons. The van der Waals surface area contributed by atoms with Gasteiger partial charge < -0.3 is 4.42 Å². The van der Waals surface area contributed by atoms with Crippen LogP contribution in [0.3, 0.4) is 0 Å². The topological polar surface area (TPSA) is 13.1 Å². The highest BCUT2D eigenvalue weighted by Gasteiger charge is 2.34. The summed E-state index contributed by atoms with van der Waals surface area (Å²) >= 11 is 0. The predicted octanol–water partition coefficient (Wildman–Crippen LogP) is 15.3. The maximum atomic E-state index is 6.67. The summed E-state index contributed by atoms with van der Waals surface area (Å²) in [4.78, 5) is 0. The van der Waals surface area contributed by atoms with Crippen LogP contribution in [0.2, 0.25) is 0 Å². The van der Waals surface area contributed by atoms with Gasteiger partial charge in [-0.1, -0.05) is 164 Å². The molecule has 0 aliphatic heterocycles. The zero-order chi connectivity index (χ0) is 37.7. The Kier molecular flexibility index (Phi) is 8.03. The van der Waals surface area contributed by atoms with Crippen LogP contribution in [0.1, 0.15) is 22.8 Å². The number of furan rings is 1. The fraction of sp³-hybridized carbons (Fsp3) is 0.0357.